The fraction of sp³-hybridized carbons (Fsp3) is 0.533. The summed E-state index contributed by atoms with van der Waals surface area (Å²) in [5, 5.41) is 0. The molecule has 0 unspecified atom stereocenters. The van der Waals surface area contributed by atoms with Crippen LogP contribution in [0.25, 0.3) is 0 Å². The topological polar surface area (TPSA) is 29.5 Å². The van der Waals surface area contributed by atoms with Crippen LogP contribution in [0.5, 0.6) is 5.75 Å². The number of alkyl halides is 3. The number of hydrogen-bond acceptors (Lipinski definition) is 2. The van der Waals surface area contributed by atoms with E-state index in [0.29, 0.717) is 5.56 Å². The first kappa shape index (κ1) is 15.7. The maximum atomic E-state index is 12.4. The summed E-state index contributed by atoms with van der Waals surface area (Å²) >= 11 is 0. The van der Waals surface area contributed by atoms with Crippen LogP contribution in [0.1, 0.15) is 31.2 Å². The second kappa shape index (κ2) is 6.37. The Morgan fingerprint density at radius 2 is 1.90 bits per heavy atom. The number of hydrogen-bond donors (Lipinski definition) is 0. The van der Waals surface area contributed by atoms with Gasteiger partial charge in [-0.15, -0.1) is 13.2 Å². The number of ether oxygens (including phenoxy) is 1. The molecular formula is C15H18F3NO2. The van der Waals surface area contributed by atoms with E-state index in [4.69, 9.17) is 0 Å². The number of benzene rings is 1. The van der Waals surface area contributed by atoms with Gasteiger partial charge in [0.1, 0.15) is 5.75 Å². The normalized spacial score (nSPS) is 16.0. The Bertz CT molecular complexity index is 496. The molecule has 2 rings (SSSR count). The van der Waals surface area contributed by atoms with E-state index < -0.39 is 6.36 Å². The Hall–Kier alpha value is -1.72. The summed E-state index contributed by atoms with van der Waals surface area (Å²) in [6.07, 6.45) is -0.923. The molecule has 0 atom stereocenters. The van der Waals surface area contributed by atoms with E-state index in [9.17, 15) is 18.0 Å². The first-order valence-electron chi connectivity index (χ1n) is 6.95. The molecule has 0 heterocycles. The summed E-state index contributed by atoms with van der Waals surface area (Å²) in [5.74, 6) is -0.254. The minimum atomic E-state index is -4.73. The van der Waals surface area contributed by atoms with E-state index in [-0.39, 0.29) is 24.1 Å². The van der Waals surface area contributed by atoms with Crippen molar-refractivity contribution >= 4 is 5.91 Å². The van der Waals surface area contributed by atoms with Crippen LogP contribution in [0.15, 0.2) is 24.3 Å². The van der Waals surface area contributed by atoms with E-state index in [1.807, 2.05) is 0 Å². The number of nitrogens with zero attached hydrogens (tertiary/aromatic N) is 1. The van der Waals surface area contributed by atoms with Gasteiger partial charge >= 0.3 is 6.36 Å². The lowest BCUT2D eigenvalue weighted by atomic mass is 10.1. The van der Waals surface area contributed by atoms with Crippen LogP contribution in [0.4, 0.5) is 13.2 Å². The lowest BCUT2D eigenvalue weighted by Gasteiger charge is -2.22. The summed E-state index contributed by atoms with van der Waals surface area (Å²) < 4.78 is 41.1. The van der Waals surface area contributed by atoms with E-state index in [0.717, 1.165) is 25.7 Å². The molecule has 1 saturated carbocycles. The second-order valence-corrected chi connectivity index (χ2v) is 5.33. The minimum Gasteiger partial charge on any atom is -0.405 e. The van der Waals surface area contributed by atoms with Gasteiger partial charge in [-0.2, -0.15) is 0 Å². The molecule has 1 amide bonds. The molecule has 1 aromatic carbocycles. The first-order valence-corrected chi connectivity index (χ1v) is 6.95. The Labute approximate surface area is 121 Å². The van der Waals surface area contributed by atoms with Gasteiger partial charge in [0.15, 0.2) is 0 Å². The van der Waals surface area contributed by atoms with Crippen LogP contribution < -0.4 is 4.74 Å². The Balaban J connectivity index is 2.06. The predicted octanol–water partition coefficient (Wildman–Crippen LogP) is 3.73. The lowest BCUT2D eigenvalue weighted by molar-refractivity contribution is -0.275. The number of para-hydroxylation sites is 1. The largest absolute Gasteiger partial charge is 0.573 e. The number of rotatable bonds is 4. The third-order valence-corrected chi connectivity index (χ3v) is 3.69. The number of carbonyl (C=O) groups is 1. The van der Waals surface area contributed by atoms with Crippen molar-refractivity contribution in [2.45, 2.75) is 38.6 Å². The van der Waals surface area contributed by atoms with Crippen LogP contribution in [0.2, 0.25) is 0 Å². The molecule has 0 N–H and O–H groups in total. The highest BCUT2D eigenvalue weighted by molar-refractivity contribution is 5.78. The maximum Gasteiger partial charge on any atom is 0.573 e. The van der Waals surface area contributed by atoms with Crippen LogP contribution in [-0.2, 0) is 11.3 Å². The average Bonchev–Trinajstić information content (AvgIpc) is 2.92. The highest BCUT2D eigenvalue weighted by atomic mass is 19.4. The van der Waals surface area contributed by atoms with Gasteiger partial charge in [0, 0.05) is 25.1 Å². The zero-order chi connectivity index (χ0) is 15.5. The lowest BCUT2D eigenvalue weighted by Crippen LogP contribution is -2.31. The van der Waals surface area contributed by atoms with E-state index >= 15 is 0 Å². The number of carbonyl (C=O) groups excluding carboxylic acids is 1. The van der Waals surface area contributed by atoms with Crippen molar-refractivity contribution in [3.8, 4) is 5.75 Å². The van der Waals surface area contributed by atoms with Gasteiger partial charge in [-0.3, -0.25) is 4.79 Å². The smallest absolute Gasteiger partial charge is 0.405 e. The molecule has 0 bridgehead atoms. The third kappa shape index (κ3) is 4.37. The maximum absolute atomic E-state index is 12.4. The van der Waals surface area contributed by atoms with Crippen molar-refractivity contribution in [2.75, 3.05) is 7.05 Å². The van der Waals surface area contributed by atoms with Gasteiger partial charge in [0.05, 0.1) is 0 Å². The average molecular weight is 301 g/mol. The molecule has 1 fully saturated rings. The van der Waals surface area contributed by atoms with Crippen LogP contribution in [-0.4, -0.2) is 24.2 Å². The third-order valence-electron chi connectivity index (χ3n) is 3.69. The minimum absolute atomic E-state index is 0.00527. The molecule has 21 heavy (non-hydrogen) atoms. The highest BCUT2D eigenvalue weighted by Crippen LogP contribution is 2.29. The summed E-state index contributed by atoms with van der Waals surface area (Å²) in [6, 6.07) is 5.91. The van der Waals surface area contributed by atoms with E-state index in [2.05, 4.69) is 4.74 Å². The summed E-state index contributed by atoms with van der Waals surface area (Å²) in [4.78, 5) is 13.7. The molecule has 0 radical (unpaired) electrons. The van der Waals surface area contributed by atoms with Crippen LogP contribution in [0, 0.1) is 5.92 Å². The van der Waals surface area contributed by atoms with Crippen LogP contribution >= 0.6 is 0 Å². The van der Waals surface area contributed by atoms with Crippen molar-refractivity contribution in [2.24, 2.45) is 5.92 Å². The molecule has 0 saturated heterocycles. The zero-order valence-corrected chi connectivity index (χ0v) is 11.8. The quantitative estimate of drug-likeness (QED) is 0.848. The summed E-state index contributed by atoms with van der Waals surface area (Å²) in [5.41, 5.74) is 0.351. The van der Waals surface area contributed by atoms with E-state index in [1.54, 1.807) is 19.2 Å². The monoisotopic (exact) mass is 301 g/mol. The molecule has 0 aliphatic heterocycles. The van der Waals surface area contributed by atoms with Crippen molar-refractivity contribution in [1.29, 1.82) is 0 Å². The first-order chi connectivity index (χ1) is 9.87. The standard InChI is InChI=1S/C15H18F3NO2/c1-19(14(20)11-6-2-3-7-11)10-12-8-4-5-9-13(12)21-15(16,17)18/h4-5,8-9,11H,2-3,6-7,10H2,1H3. The number of amides is 1. The zero-order valence-electron chi connectivity index (χ0n) is 11.8. The molecule has 1 aliphatic rings. The van der Waals surface area contributed by atoms with Crippen molar-refractivity contribution in [3.63, 3.8) is 0 Å². The Kier molecular flexibility index (Phi) is 4.75. The highest BCUT2D eigenvalue weighted by Gasteiger charge is 2.32. The van der Waals surface area contributed by atoms with E-state index in [1.165, 1.54) is 17.0 Å². The Morgan fingerprint density at radius 3 is 2.52 bits per heavy atom. The fourth-order valence-electron chi connectivity index (χ4n) is 2.68. The van der Waals surface area contributed by atoms with Gasteiger partial charge < -0.3 is 9.64 Å². The molecular weight excluding hydrogens is 283 g/mol. The van der Waals surface area contributed by atoms with Crippen molar-refractivity contribution < 1.29 is 22.7 Å². The second-order valence-electron chi connectivity index (χ2n) is 5.33. The predicted molar refractivity (Wildman–Crippen MR) is 71.6 cm³/mol. The summed E-state index contributed by atoms with van der Waals surface area (Å²) in [7, 11) is 1.62. The molecule has 3 nitrogen and oxygen atoms in total. The van der Waals surface area contributed by atoms with Crippen molar-refractivity contribution in [3.05, 3.63) is 29.8 Å². The van der Waals surface area contributed by atoms with Crippen LogP contribution in [0.3, 0.4) is 0 Å². The van der Waals surface area contributed by atoms with Gasteiger partial charge in [-0.1, -0.05) is 31.0 Å². The van der Waals surface area contributed by atoms with Crippen molar-refractivity contribution in [1.82, 2.24) is 4.90 Å². The molecule has 0 aromatic heterocycles. The molecule has 0 spiro atoms. The Morgan fingerprint density at radius 1 is 1.29 bits per heavy atom. The molecule has 116 valence electrons. The molecule has 1 aromatic rings. The van der Waals surface area contributed by atoms with Gasteiger partial charge in [0.2, 0.25) is 5.91 Å². The summed E-state index contributed by atoms with van der Waals surface area (Å²) in [6.45, 7) is 0.113. The van der Waals surface area contributed by atoms with Gasteiger partial charge in [-0.05, 0) is 18.9 Å². The number of halogens is 3. The van der Waals surface area contributed by atoms with Gasteiger partial charge in [-0.25, -0.2) is 0 Å². The SMILES string of the molecule is CN(Cc1ccccc1OC(F)(F)F)C(=O)C1CCCC1. The molecule has 6 heteroatoms. The van der Waals surface area contributed by atoms with Gasteiger partial charge in [0.25, 0.3) is 0 Å². The molecule has 1 aliphatic carbocycles. The fourth-order valence-corrected chi connectivity index (χ4v) is 2.68.